The van der Waals surface area contributed by atoms with Crippen molar-refractivity contribution in [1.82, 2.24) is 10.2 Å². The summed E-state index contributed by atoms with van der Waals surface area (Å²) in [5, 5.41) is 3.73. The van der Waals surface area contributed by atoms with Crippen LogP contribution in [-0.4, -0.2) is 36.6 Å². The molecule has 0 radical (unpaired) electrons. The van der Waals surface area contributed by atoms with Crippen molar-refractivity contribution in [2.75, 3.05) is 26.2 Å². The van der Waals surface area contributed by atoms with Gasteiger partial charge < -0.3 is 10.2 Å². The minimum Gasteiger partial charge on any atom is -0.311 e. The summed E-state index contributed by atoms with van der Waals surface area (Å²) in [6.45, 7) is 19.0. The van der Waals surface area contributed by atoms with Crippen LogP contribution in [-0.2, 0) is 0 Å². The summed E-state index contributed by atoms with van der Waals surface area (Å²) < 4.78 is 0. The Morgan fingerprint density at radius 3 is 2.10 bits per heavy atom. The highest BCUT2D eigenvalue weighted by atomic mass is 15.1. The van der Waals surface area contributed by atoms with Crippen molar-refractivity contribution in [1.29, 1.82) is 0 Å². The van der Waals surface area contributed by atoms with Gasteiger partial charge in [-0.25, -0.2) is 0 Å². The van der Waals surface area contributed by atoms with E-state index in [1.807, 2.05) is 0 Å². The maximum absolute atomic E-state index is 3.73. The molecular formula is C18H38N2. The van der Waals surface area contributed by atoms with Gasteiger partial charge in [-0.2, -0.15) is 0 Å². The Labute approximate surface area is 127 Å². The second-order valence-corrected chi connectivity index (χ2v) is 8.29. The van der Waals surface area contributed by atoms with E-state index in [0.717, 1.165) is 12.5 Å². The lowest BCUT2D eigenvalue weighted by molar-refractivity contribution is 0.105. The Morgan fingerprint density at radius 2 is 1.65 bits per heavy atom. The van der Waals surface area contributed by atoms with Gasteiger partial charge in [-0.05, 0) is 64.5 Å². The van der Waals surface area contributed by atoms with Crippen LogP contribution in [0.3, 0.4) is 0 Å². The third kappa shape index (κ3) is 6.58. The molecule has 0 aliphatic carbocycles. The molecule has 0 bridgehead atoms. The third-order valence-electron chi connectivity index (χ3n) is 4.79. The van der Waals surface area contributed by atoms with Gasteiger partial charge in [-0.3, -0.25) is 0 Å². The fourth-order valence-electron chi connectivity index (χ4n) is 3.40. The quantitative estimate of drug-likeness (QED) is 0.749. The van der Waals surface area contributed by atoms with Crippen molar-refractivity contribution >= 4 is 0 Å². The van der Waals surface area contributed by atoms with E-state index in [9.17, 15) is 0 Å². The zero-order valence-electron chi connectivity index (χ0n) is 14.9. The number of nitrogens with zero attached hydrogens (tertiary/aromatic N) is 1. The molecule has 120 valence electrons. The van der Waals surface area contributed by atoms with E-state index in [1.54, 1.807) is 0 Å². The smallest absolute Gasteiger partial charge is 0.00967 e. The topological polar surface area (TPSA) is 15.3 Å². The van der Waals surface area contributed by atoms with Crippen molar-refractivity contribution in [2.45, 2.75) is 79.2 Å². The first-order chi connectivity index (χ1) is 9.28. The normalized spacial score (nSPS) is 21.9. The van der Waals surface area contributed by atoms with Crippen LogP contribution >= 0.6 is 0 Å². The van der Waals surface area contributed by atoms with Crippen LogP contribution in [0.1, 0.15) is 73.6 Å². The minimum atomic E-state index is 0.226. The summed E-state index contributed by atoms with van der Waals surface area (Å²) in [4.78, 5) is 2.71. The molecule has 2 nitrogen and oxygen atoms in total. The molecule has 1 atom stereocenters. The Balaban J connectivity index is 2.49. The van der Waals surface area contributed by atoms with Crippen LogP contribution in [0.5, 0.6) is 0 Å². The second-order valence-electron chi connectivity index (χ2n) is 8.29. The summed E-state index contributed by atoms with van der Waals surface area (Å²) in [5.41, 5.74) is 0.644. The molecule has 0 aromatic carbocycles. The molecule has 20 heavy (non-hydrogen) atoms. The maximum atomic E-state index is 3.73. The van der Waals surface area contributed by atoms with Crippen LogP contribution in [0.25, 0.3) is 0 Å². The fraction of sp³-hybridized carbons (Fsp3) is 1.00. The monoisotopic (exact) mass is 282 g/mol. The zero-order valence-corrected chi connectivity index (χ0v) is 14.9. The summed E-state index contributed by atoms with van der Waals surface area (Å²) in [6.07, 6.45) is 6.79. The molecule has 0 aromatic heterocycles. The molecule has 0 amide bonds. The van der Waals surface area contributed by atoms with Gasteiger partial charge in [0.05, 0.1) is 0 Å². The summed E-state index contributed by atoms with van der Waals surface area (Å²) >= 11 is 0. The van der Waals surface area contributed by atoms with E-state index in [-0.39, 0.29) is 5.54 Å². The van der Waals surface area contributed by atoms with E-state index in [2.05, 4.69) is 51.8 Å². The molecule has 2 heteroatoms. The lowest BCUT2D eigenvalue weighted by Crippen LogP contribution is -2.49. The first kappa shape index (κ1) is 18.0. The largest absolute Gasteiger partial charge is 0.311 e. The molecule has 1 fully saturated rings. The van der Waals surface area contributed by atoms with E-state index in [4.69, 9.17) is 0 Å². The first-order valence-corrected chi connectivity index (χ1v) is 8.75. The van der Waals surface area contributed by atoms with Crippen molar-refractivity contribution in [3.8, 4) is 0 Å². The van der Waals surface area contributed by atoms with Crippen molar-refractivity contribution in [3.63, 3.8) is 0 Å². The molecule has 0 saturated carbocycles. The minimum absolute atomic E-state index is 0.226. The SMILES string of the molecule is CCCC(C)(CNC(C)(C)C)CN1CCC(CC)CC1. The Morgan fingerprint density at radius 1 is 1.05 bits per heavy atom. The second kappa shape index (κ2) is 7.79. The summed E-state index contributed by atoms with van der Waals surface area (Å²) in [7, 11) is 0. The number of hydrogen-bond donors (Lipinski definition) is 1. The van der Waals surface area contributed by atoms with Gasteiger partial charge in [0.25, 0.3) is 0 Å². The van der Waals surface area contributed by atoms with E-state index in [0.29, 0.717) is 5.41 Å². The summed E-state index contributed by atoms with van der Waals surface area (Å²) in [6, 6.07) is 0. The number of rotatable bonds is 7. The van der Waals surface area contributed by atoms with Crippen LogP contribution in [0, 0.1) is 11.3 Å². The summed E-state index contributed by atoms with van der Waals surface area (Å²) in [5.74, 6) is 0.983. The highest BCUT2D eigenvalue weighted by Gasteiger charge is 2.29. The molecule has 0 aromatic rings. The molecule has 1 rings (SSSR count). The molecule has 1 heterocycles. The van der Waals surface area contributed by atoms with Gasteiger partial charge in [0, 0.05) is 18.6 Å². The number of likely N-dealkylation sites (tertiary alicyclic amines) is 1. The van der Waals surface area contributed by atoms with Gasteiger partial charge in [0.15, 0.2) is 0 Å². The Kier molecular flexibility index (Phi) is 7.00. The van der Waals surface area contributed by atoms with Gasteiger partial charge in [0.2, 0.25) is 0 Å². The van der Waals surface area contributed by atoms with Crippen LogP contribution < -0.4 is 5.32 Å². The Bertz CT molecular complexity index is 261. The lowest BCUT2D eigenvalue weighted by atomic mass is 9.83. The van der Waals surface area contributed by atoms with Gasteiger partial charge in [-0.1, -0.05) is 33.6 Å². The zero-order chi connectivity index (χ0) is 15.2. The van der Waals surface area contributed by atoms with Crippen molar-refractivity contribution in [2.24, 2.45) is 11.3 Å². The third-order valence-corrected chi connectivity index (χ3v) is 4.79. The predicted molar refractivity (Wildman–Crippen MR) is 90.2 cm³/mol. The highest BCUT2D eigenvalue weighted by molar-refractivity contribution is 4.85. The van der Waals surface area contributed by atoms with E-state index >= 15 is 0 Å². The van der Waals surface area contributed by atoms with Gasteiger partial charge >= 0.3 is 0 Å². The molecule has 1 saturated heterocycles. The van der Waals surface area contributed by atoms with Crippen molar-refractivity contribution in [3.05, 3.63) is 0 Å². The fourth-order valence-corrected chi connectivity index (χ4v) is 3.40. The van der Waals surface area contributed by atoms with Crippen molar-refractivity contribution < 1.29 is 0 Å². The van der Waals surface area contributed by atoms with Gasteiger partial charge in [-0.15, -0.1) is 0 Å². The first-order valence-electron chi connectivity index (χ1n) is 8.75. The number of nitrogens with one attached hydrogen (secondary N) is 1. The molecule has 1 N–H and O–H groups in total. The maximum Gasteiger partial charge on any atom is 0.00967 e. The van der Waals surface area contributed by atoms with E-state index in [1.165, 1.54) is 51.7 Å². The average molecular weight is 283 g/mol. The van der Waals surface area contributed by atoms with Crippen LogP contribution in [0.15, 0.2) is 0 Å². The molecule has 1 aliphatic heterocycles. The number of hydrogen-bond acceptors (Lipinski definition) is 2. The van der Waals surface area contributed by atoms with E-state index < -0.39 is 0 Å². The van der Waals surface area contributed by atoms with Crippen LogP contribution in [0.4, 0.5) is 0 Å². The highest BCUT2D eigenvalue weighted by Crippen LogP contribution is 2.28. The van der Waals surface area contributed by atoms with Crippen LogP contribution in [0.2, 0.25) is 0 Å². The molecular weight excluding hydrogens is 244 g/mol. The molecule has 1 aliphatic rings. The average Bonchev–Trinajstić information content (AvgIpc) is 2.37. The number of piperidine rings is 1. The molecule has 0 spiro atoms. The Hall–Kier alpha value is -0.0800. The predicted octanol–water partition coefficient (Wildman–Crippen LogP) is 4.30. The van der Waals surface area contributed by atoms with Gasteiger partial charge in [0.1, 0.15) is 0 Å². The standard InChI is InChI=1S/C18H38N2/c1-7-11-18(6,14-19-17(3,4)5)15-20-12-9-16(8-2)10-13-20/h16,19H,7-15H2,1-6H3. The lowest BCUT2D eigenvalue weighted by Gasteiger charge is -2.40. The molecule has 1 unspecified atom stereocenters.